The van der Waals surface area contributed by atoms with Gasteiger partial charge in [-0.25, -0.2) is 0 Å². The Morgan fingerprint density at radius 2 is 2.09 bits per heavy atom. The van der Waals surface area contributed by atoms with Gasteiger partial charge >= 0.3 is 0 Å². The average molecular weight is 157 g/mol. The third-order valence-corrected chi connectivity index (χ3v) is 2.31. The summed E-state index contributed by atoms with van der Waals surface area (Å²) in [7, 11) is 2.00. The van der Waals surface area contributed by atoms with Gasteiger partial charge in [-0.15, -0.1) is 0 Å². The van der Waals surface area contributed by atoms with Crippen LogP contribution in [-0.4, -0.2) is 44.2 Å². The van der Waals surface area contributed by atoms with Crippen molar-refractivity contribution in [2.45, 2.75) is 18.9 Å². The number of nitrogens with one attached hydrogen (secondary N) is 1. The molecule has 3 heteroatoms. The molecule has 1 heterocycles. The predicted molar refractivity (Wildman–Crippen MR) is 47.6 cm³/mol. The first kappa shape index (κ1) is 8.97. The van der Waals surface area contributed by atoms with E-state index in [1.165, 1.54) is 32.5 Å². The van der Waals surface area contributed by atoms with Crippen LogP contribution in [0, 0.1) is 0 Å². The van der Waals surface area contributed by atoms with E-state index in [2.05, 4.69) is 10.2 Å². The van der Waals surface area contributed by atoms with Crippen molar-refractivity contribution in [2.24, 2.45) is 5.73 Å². The zero-order chi connectivity index (χ0) is 8.10. The van der Waals surface area contributed by atoms with Crippen LogP contribution in [0.15, 0.2) is 0 Å². The molecule has 66 valence electrons. The van der Waals surface area contributed by atoms with E-state index in [1.54, 1.807) is 0 Å². The molecule has 1 aliphatic heterocycles. The van der Waals surface area contributed by atoms with Crippen LogP contribution in [0.4, 0.5) is 0 Å². The van der Waals surface area contributed by atoms with E-state index in [0.29, 0.717) is 6.04 Å². The normalized spacial score (nSPS) is 22.4. The van der Waals surface area contributed by atoms with Gasteiger partial charge in [-0.2, -0.15) is 0 Å². The van der Waals surface area contributed by atoms with Crippen LogP contribution in [0.3, 0.4) is 0 Å². The summed E-state index contributed by atoms with van der Waals surface area (Å²) in [6.45, 7) is 4.63. The fourth-order valence-corrected chi connectivity index (χ4v) is 1.45. The number of nitrogens with zero attached hydrogens (tertiary/aromatic N) is 1. The summed E-state index contributed by atoms with van der Waals surface area (Å²) in [6.07, 6.45) is 2.34. The summed E-state index contributed by atoms with van der Waals surface area (Å²) in [6, 6.07) is 0.459. The van der Waals surface area contributed by atoms with Gasteiger partial charge in [-0.3, -0.25) is 0 Å². The largest absolute Gasteiger partial charge is 0.328 e. The van der Waals surface area contributed by atoms with Crippen molar-refractivity contribution < 1.29 is 0 Å². The van der Waals surface area contributed by atoms with E-state index in [-0.39, 0.29) is 0 Å². The molecular formula is C8H19N3. The number of likely N-dealkylation sites (tertiary alicyclic amines) is 1. The second-order valence-electron chi connectivity index (χ2n) is 3.28. The molecule has 0 aromatic rings. The molecular weight excluding hydrogens is 138 g/mol. The maximum atomic E-state index is 5.78. The van der Waals surface area contributed by atoms with Crippen molar-refractivity contribution in [3.8, 4) is 0 Å². The van der Waals surface area contributed by atoms with Gasteiger partial charge in [0, 0.05) is 19.1 Å². The van der Waals surface area contributed by atoms with Crippen LogP contribution < -0.4 is 11.1 Å². The molecule has 3 nitrogen and oxygen atoms in total. The summed E-state index contributed by atoms with van der Waals surface area (Å²) in [5.41, 5.74) is 5.78. The summed E-state index contributed by atoms with van der Waals surface area (Å²) in [4.78, 5) is 2.47. The highest BCUT2D eigenvalue weighted by Gasteiger charge is 2.14. The molecule has 0 spiro atoms. The molecule has 1 saturated heterocycles. The first-order valence-corrected chi connectivity index (χ1v) is 4.45. The molecule has 1 aliphatic rings. The fourth-order valence-electron chi connectivity index (χ4n) is 1.45. The molecule has 3 N–H and O–H groups in total. The molecule has 0 aliphatic carbocycles. The van der Waals surface area contributed by atoms with Crippen molar-refractivity contribution in [1.29, 1.82) is 0 Å². The van der Waals surface area contributed by atoms with Gasteiger partial charge in [-0.1, -0.05) is 0 Å². The second kappa shape index (κ2) is 4.70. The minimum absolute atomic E-state index is 0.459. The molecule has 0 amide bonds. The van der Waals surface area contributed by atoms with Crippen LogP contribution in [0.25, 0.3) is 0 Å². The van der Waals surface area contributed by atoms with Crippen LogP contribution >= 0.6 is 0 Å². The van der Waals surface area contributed by atoms with Crippen molar-refractivity contribution in [3.05, 3.63) is 0 Å². The van der Waals surface area contributed by atoms with Crippen LogP contribution in [0.1, 0.15) is 12.8 Å². The predicted octanol–water partition coefficient (Wildman–Crippen LogP) is -0.371. The first-order valence-electron chi connectivity index (χ1n) is 4.45. The number of hydrogen-bond acceptors (Lipinski definition) is 3. The maximum absolute atomic E-state index is 5.78. The third-order valence-electron chi connectivity index (χ3n) is 2.31. The van der Waals surface area contributed by atoms with Gasteiger partial charge in [0.2, 0.25) is 0 Å². The zero-order valence-electron chi connectivity index (χ0n) is 7.34. The monoisotopic (exact) mass is 157 g/mol. The van der Waals surface area contributed by atoms with E-state index in [0.717, 1.165) is 6.54 Å². The topological polar surface area (TPSA) is 41.3 Å². The summed E-state index contributed by atoms with van der Waals surface area (Å²) >= 11 is 0. The molecule has 0 atom stereocenters. The second-order valence-corrected chi connectivity index (χ2v) is 3.28. The summed E-state index contributed by atoms with van der Waals surface area (Å²) in [5, 5.41) is 3.15. The van der Waals surface area contributed by atoms with Gasteiger partial charge in [0.25, 0.3) is 0 Å². The lowest BCUT2D eigenvalue weighted by Crippen LogP contribution is -2.42. The maximum Gasteiger partial charge on any atom is 0.0107 e. The Labute approximate surface area is 68.9 Å². The molecule has 0 saturated carbocycles. The molecule has 0 unspecified atom stereocenters. The van der Waals surface area contributed by atoms with E-state index < -0.39 is 0 Å². The Balaban J connectivity index is 2.07. The van der Waals surface area contributed by atoms with E-state index in [1.807, 2.05) is 7.05 Å². The SMILES string of the molecule is CNCCN1CCC(N)CC1. The number of nitrogens with two attached hydrogens (primary N) is 1. The molecule has 0 aromatic carbocycles. The van der Waals surface area contributed by atoms with E-state index in [4.69, 9.17) is 5.73 Å². The molecule has 0 aromatic heterocycles. The quantitative estimate of drug-likeness (QED) is 0.587. The number of piperidine rings is 1. The van der Waals surface area contributed by atoms with Crippen molar-refractivity contribution >= 4 is 0 Å². The standard InChI is InChI=1S/C8H19N3/c1-10-4-7-11-5-2-8(9)3-6-11/h8,10H,2-7,9H2,1H3. The van der Waals surface area contributed by atoms with E-state index in [9.17, 15) is 0 Å². The lowest BCUT2D eigenvalue weighted by atomic mass is 10.1. The van der Waals surface area contributed by atoms with E-state index >= 15 is 0 Å². The van der Waals surface area contributed by atoms with Gasteiger partial charge in [0.05, 0.1) is 0 Å². The Morgan fingerprint density at radius 3 is 2.64 bits per heavy atom. The minimum atomic E-state index is 0.459. The molecule has 0 bridgehead atoms. The Bertz CT molecular complexity index is 94.8. The van der Waals surface area contributed by atoms with Crippen molar-refractivity contribution in [2.75, 3.05) is 33.2 Å². The average Bonchev–Trinajstić information content (AvgIpc) is 2.04. The lowest BCUT2D eigenvalue weighted by Gasteiger charge is -2.29. The fraction of sp³-hybridized carbons (Fsp3) is 1.00. The van der Waals surface area contributed by atoms with Gasteiger partial charge in [-0.05, 0) is 33.0 Å². The third kappa shape index (κ3) is 3.18. The number of hydrogen-bond donors (Lipinski definition) is 2. The zero-order valence-corrected chi connectivity index (χ0v) is 7.34. The van der Waals surface area contributed by atoms with Crippen molar-refractivity contribution in [3.63, 3.8) is 0 Å². The summed E-state index contributed by atoms with van der Waals surface area (Å²) in [5.74, 6) is 0. The highest BCUT2D eigenvalue weighted by Crippen LogP contribution is 2.06. The summed E-state index contributed by atoms with van der Waals surface area (Å²) < 4.78 is 0. The van der Waals surface area contributed by atoms with Crippen LogP contribution in [0.5, 0.6) is 0 Å². The Kier molecular flexibility index (Phi) is 3.83. The number of rotatable bonds is 3. The van der Waals surface area contributed by atoms with Gasteiger partial charge in [0.1, 0.15) is 0 Å². The Morgan fingerprint density at radius 1 is 1.45 bits per heavy atom. The Hall–Kier alpha value is -0.120. The number of likely N-dealkylation sites (N-methyl/N-ethyl adjacent to an activating group) is 1. The lowest BCUT2D eigenvalue weighted by molar-refractivity contribution is 0.215. The minimum Gasteiger partial charge on any atom is -0.328 e. The van der Waals surface area contributed by atoms with Crippen LogP contribution in [-0.2, 0) is 0 Å². The van der Waals surface area contributed by atoms with Gasteiger partial charge in [0.15, 0.2) is 0 Å². The van der Waals surface area contributed by atoms with Crippen LogP contribution in [0.2, 0.25) is 0 Å². The van der Waals surface area contributed by atoms with Crippen molar-refractivity contribution in [1.82, 2.24) is 10.2 Å². The van der Waals surface area contributed by atoms with Gasteiger partial charge < -0.3 is 16.0 Å². The highest BCUT2D eigenvalue weighted by molar-refractivity contribution is 4.73. The molecule has 1 fully saturated rings. The molecule has 1 rings (SSSR count). The first-order chi connectivity index (χ1) is 5.33. The smallest absolute Gasteiger partial charge is 0.0107 e. The molecule has 0 radical (unpaired) electrons. The molecule has 11 heavy (non-hydrogen) atoms. The highest BCUT2D eigenvalue weighted by atomic mass is 15.1.